The van der Waals surface area contributed by atoms with Crippen LogP contribution in [-0.2, 0) is 0 Å². The van der Waals surface area contributed by atoms with E-state index in [4.69, 9.17) is 16.5 Å². The van der Waals surface area contributed by atoms with Gasteiger partial charge in [0, 0.05) is 17.5 Å². The molecule has 0 bridgehead atoms. The zero-order valence-corrected chi connectivity index (χ0v) is 12.2. The Hall–Kier alpha value is -2.54. The second kappa shape index (κ2) is 5.03. The Morgan fingerprint density at radius 1 is 1.36 bits per heavy atom. The molecule has 7 nitrogen and oxygen atoms in total. The quantitative estimate of drug-likeness (QED) is 0.613. The van der Waals surface area contributed by atoms with Crippen LogP contribution in [0.25, 0.3) is 0 Å². The molecule has 2 aliphatic heterocycles. The molecule has 4 rings (SSSR count). The Bertz CT molecular complexity index is 687. The van der Waals surface area contributed by atoms with Crippen LogP contribution in [0.1, 0.15) is 12.8 Å². The Morgan fingerprint density at radius 3 is 3.00 bits per heavy atom. The average Bonchev–Trinajstić information content (AvgIpc) is 3.22. The summed E-state index contributed by atoms with van der Waals surface area (Å²) in [5.41, 5.74) is 17.7. The van der Waals surface area contributed by atoms with Crippen molar-refractivity contribution in [2.75, 3.05) is 17.6 Å². The highest BCUT2D eigenvalue weighted by Gasteiger charge is 2.33. The Kier molecular flexibility index (Phi) is 3.00. The molecule has 7 heteroatoms. The van der Waals surface area contributed by atoms with Crippen LogP contribution in [0.5, 0.6) is 0 Å². The fourth-order valence-corrected chi connectivity index (χ4v) is 2.53. The van der Waals surface area contributed by atoms with Crippen LogP contribution in [0, 0.1) is 0 Å². The summed E-state index contributed by atoms with van der Waals surface area (Å²) < 4.78 is 0. The number of rotatable bonds is 3. The van der Waals surface area contributed by atoms with Crippen LogP contribution in [0.15, 0.2) is 46.1 Å². The fourth-order valence-electron chi connectivity index (χ4n) is 2.53. The van der Waals surface area contributed by atoms with Gasteiger partial charge < -0.3 is 16.8 Å². The predicted molar refractivity (Wildman–Crippen MR) is 88.3 cm³/mol. The number of nitrogens with two attached hydrogens (primary N) is 2. The highest BCUT2D eigenvalue weighted by Crippen LogP contribution is 2.25. The van der Waals surface area contributed by atoms with E-state index in [1.165, 1.54) is 0 Å². The topological polar surface area (TPSA) is 104 Å². The van der Waals surface area contributed by atoms with Crippen molar-refractivity contribution in [2.24, 2.45) is 15.7 Å². The lowest BCUT2D eigenvalue weighted by atomic mass is 10.2. The van der Waals surface area contributed by atoms with Gasteiger partial charge >= 0.3 is 0 Å². The molecule has 114 valence electrons. The standard InChI is InChI=1S/C15H19N7/c16-9-2-1-3-11(6-9)20-14-7-12(19-10-4-5-10)15-18-8-13(17)22(15)21-14/h1-3,6-7,10,13,20-21H,4-5,8,16-17H2. The third-order valence-electron chi connectivity index (χ3n) is 3.77. The summed E-state index contributed by atoms with van der Waals surface area (Å²) in [6.07, 6.45) is 4.12. The van der Waals surface area contributed by atoms with Crippen molar-refractivity contribution < 1.29 is 0 Å². The number of hydrazine groups is 1. The molecule has 0 amide bonds. The average molecular weight is 297 g/mol. The third kappa shape index (κ3) is 2.50. The molecule has 1 unspecified atom stereocenters. The monoisotopic (exact) mass is 297 g/mol. The van der Waals surface area contributed by atoms with E-state index in [9.17, 15) is 0 Å². The molecule has 1 atom stereocenters. The van der Waals surface area contributed by atoms with Gasteiger partial charge in [-0.15, -0.1) is 0 Å². The first-order valence-corrected chi connectivity index (χ1v) is 7.47. The van der Waals surface area contributed by atoms with E-state index < -0.39 is 0 Å². The van der Waals surface area contributed by atoms with Crippen molar-refractivity contribution in [3.63, 3.8) is 0 Å². The van der Waals surface area contributed by atoms with Gasteiger partial charge in [0.05, 0.1) is 12.6 Å². The Morgan fingerprint density at radius 2 is 2.23 bits per heavy atom. The first-order chi connectivity index (χ1) is 10.7. The normalized spacial score (nSPS) is 25.4. The molecule has 2 heterocycles. The molecular formula is C15H19N7. The summed E-state index contributed by atoms with van der Waals surface area (Å²) in [4.78, 5) is 9.23. The van der Waals surface area contributed by atoms with Crippen molar-refractivity contribution >= 4 is 22.9 Å². The van der Waals surface area contributed by atoms with Gasteiger partial charge in [-0.1, -0.05) is 6.07 Å². The summed E-state index contributed by atoms with van der Waals surface area (Å²) >= 11 is 0. The number of amidine groups is 1. The van der Waals surface area contributed by atoms with Crippen LogP contribution >= 0.6 is 0 Å². The molecule has 3 aliphatic rings. The lowest BCUT2D eigenvalue weighted by Crippen LogP contribution is -2.55. The smallest absolute Gasteiger partial charge is 0.170 e. The van der Waals surface area contributed by atoms with E-state index in [0.29, 0.717) is 18.3 Å². The van der Waals surface area contributed by atoms with Gasteiger partial charge in [-0.05, 0) is 31.0 Å². The Balaban J connectivity index is 1.63. The lowest BCUT2D eigenvalue weighted by Gasteiger charge is -2.32. The SMILES string of the molecule is Nc1cccc(NC2=CC(=NC3CC3)C3=NCC(N)N3N2)c1. The van der Waals surface area contributed by atoms with Gasteiger partial charge in [0.15, 0.2) is 5.84 Å². The highest BCUT2D eigenvalue weighted by molar-refractivity contribution is 6.46. The van der Waals surface area contributed by atoms with E-state index in [1.54, 1.807) is 0 Å². The number of hydrogen-bond donors (Lipinski definition) is 4. The second-order valence-corrected chi connectivity index (χ2v) is 5.77. The first kappa shape index (κ1) is 13.1. The van der Waals surface area contributed by atoms with Crippen molar-refractivity contribution in [2.45, 2.75) is 25.0 Å². The lowest BCUT2D eigenvalue weighted by molar-refractivity contribution is 0.288. The van der Waals surface area contributed by atoms with Crippen molar-refractivity contribution in [3.8, 4) is 0 Å². The van der Waals surface area contributed by atoms with Crippen molar-refractivity contribution in [1.29, 1.82) is 0 Å². The largest absolute Gasteiger partial charge is 0.399 e. The molecule has 1 aliphatic carbocycles. The number of nitrogens with zero attached hydrogens (tertiary/aromatic N) is 3. The minimum Gasteiger partial charge on any atom is -0.399 e. The molecule has 6 N–H and O–H groups in total. The molecule has 1 aromatic carbocycles. The van der Waals surface area contributed by atoms with E-state index in [1.807, 2.05) is 35.4 Å². The number of aliphatic imine (C=N–C) groups is 2. The van der Waals surface area contributed by atoms with Gasteiger partial charge in [-0.3, -0.25) is 15.4 Å². The maximum absolute atomic E-state index is 6.10. The third-order valence-corrected chi connectivity index (χ3v) is 3.77. The van der Waals surface area contributed by atoms with Crippen LogP contribution < -0.4 is 22.2 Å². The molecule has 0 radical (unpaired) electrons. The summed E-state index contributed by atoms with van der Waals surface area (Å²) in [6.45, 7) is 0.575. The molecule has 1 fully saturated rings. The van der Waals surface area contributed by atoms with Crippen molar-refractivity contribution in [1.82, 2.24) is 10.4 Å². The van der Waals surface area contributed by atoms with Gasteiger partial charge in [0.2, 0.25) is 0 Å². The molecular weight excluding hydrogens is 278 g/mol. The van der Waals surface area contributed by atoms with E-state index in [-0.39, 0.29) is 6.17 Å². The molecule has 0 spiro atoms. The van der Waals surface area contributed by atoms with Gasteiger partial charge in [-0.2, -0.15) is 0 Å². The van der Waals surface area contributed by atoms with Crippen LogP contribution in [0.2, 0.25) is 0 Å². The summed E-state index contributed by atoms with van der Waals surface area (Å²) in [5.74, 6) is 1.65. The summed E-state index contributed by atoms with van der Waals surface area (Å²) in [5, 5.41) is 5.19. The zero-order chi connectivity index (χ0) is 15.1. The zero-order valence-electron chi connectivity index (χ0n) is 12.2. The highest BCUT2D eigenvalue weighted by atomic mass is 15.6. The van der Waals surface area contributed by atoms with Gasteiger partial charge in [0.1, 0.15) is 17.7 Å². The van der Waals surface area contributed by atoms with E-state index >= 15 is 0 Å². The van der Waals surface area contributed by atoms with E-state index in [2.05, 4.69) is 15.7 Å². The predicted octanol–water partition coefficient (Wildman–Crippen LogP) is 0.643. The maximum atomic E-state index is 6.10. The van der Waals surface area contributed by atoms with Crippen LogP contribution in [0.3, 0.4) is 0 Å². The summed E-state index contributed by atoms with van der Waals surface area (Å²) in [6, 6.07) is 8.04. The minimum absolute atomic E-state index is 0.175. The number of hydrogen-bond acceptors (Lipinski definition) is 7. The molecule has 1 saturated carbocycles. The van der Waals surface area contributed by atoms with Crippen LogP contribution in [0.4, 0.5) is 11.4 Å². The molecule has 1 aromatic rings. The van der Waals surface area contributed by atoms with E-state index in [0.717, 1.165) is 35.9 Å². The number of benzene rings is 1. The summed E-state index contributed by atoms with van der Waals surface area (Å²) in [7, 11) is 0. The number of anilines is 2. The molecule has 0 aromatic heterocycles. The van der Waals surface area contributed by atoms with Crippen molar-refractivity contribution in [3.05, 3.63) is 36.2 Å². The molecule has 0 saturated heterocycles. The van der Waals surface area contributed by atoms with Gasteiger partial charge in [0.25, 0.3) is 0 Å². The number of nitrogens with one attached hydrogen (secondary N) is 2. The molecule has 22 heavy (non-hydrogen) atoms. The van der Waals surface area contributed by atoms with Gasteiger partial charge in [-0.25, -0.2) is 5.01 Å². The van der Waals surface area contributed by atoms with Crippen LogP contribution in [-0.4, -0.2) is 35.3 Å². The Labute approximate surface area is 128 Å². The minimum atomic E-state index is -0.175. The first-order valence-electron chi connectivity index (χ1n) is 7.47. The number of fused-ring (bicyclic) bond motifs is 1. The second-order valence-electron chi connectivity index (χ2n) is 5.77. The maximum Gasteiger partial charge on any atom is 0.170 e. The number of nitrogen functional groups attached to an aromatic ring is 1. The fraction of sp³-hybridized carbons (Fsp3) is 0.333.